The van der Waals surface area contributed by atoms with Crippen LogP contribution in [0, 0.1) is 12.3 Å². The second-order valence-electron chi connectivity index (χ2n) is 5.57. The van der Waals surface area contributed by atoms with Gasteiger partial charge in [-0.2, -0.15) is 0 Å². The van der Waals surface area contributed by atoms with Crippen LogP contribution in [0.2, 0.25) is 0 Å². The molecule has 0 atom stereocenters. The van der Waals surface area contributed by atoms with Crippen LogP contribution in [0.1, 0.15) is 36.9 Å². The van der Waals surface area contributed by atoms with E-state index < -0.39 is 0 Å². The van der Waals surface area contributed by atoms with Gasteiger partial charge in [-0.3, -0.25) is 4.79 Å². The minimum Gasteiger partial charge on any atom is -0.461 e. The maximum Gasteiger partial charge on any atom is 0.168 e. The molecule has 0 aliphatic heterocycles. The van der Waals surface area contributed by atoms with E-state index in [2.05, 4.69) is 0 Å². The van der Waals surface area contributed by atoms with E-state index >= 15 is 0 Å². The highest BCUT2D eigenvalue weighted by molar-refractivity contribution is 6.00. The zero-order valence-corrected chi connectivity index (χ0v) is 11.3. The van der Waals surface area contributed by atoms with Crippen molar-refractivity contribution in [3.8, 4) is 11.3 Å². The van der Waals surface area contributed by atoms with Gasteiger partial charge in [-0.05, 0) is 25.1 Å². The van der Waals surface area contributed by atoms with Crippen LogP contribution in [0.5, 0.6) is 0 Å². The SMILES string of the molecule is Cc1ccc(-c2cccc(C(=O)C(C)(C)C)c2)o1. The molecule has 0 N–H and O–H groups in total. The van der Waals surface area contributed by atoms with Crippen molar-refractivity contribution in [1.29, 1.82) is 0 Å². The molecule has 0 amide bonds. The molecule has 0 spiro atoms. The van der Waals surface area contributed by atoms with Gasteiger partial charge in [0.05, 0.1) is 0 Å². The van der Waals surface area contributed by atoms with Gasteiger partial charge in [-0.15, -0.1) is 0 Å². The second kappa shape index (κ2) is 4.45. The molecular formula is C16H18O2. The summed E-state index contributed by atoms with van der Waals surface area (Å²) in [7, 11) is 0. The van der Waals surface area contributed by atoms with Crippen molar-refractivity contribution in [2.24, 2.45) is 5.41 Å². The lowest BCUT2D eigenvalue weighted by atomic mass is 9.86. The molecule has 1 heterocycles. The van der Waals surface area contributed by atoms with E-state index in [4.69, 9.17) is 4.42 Å². The molecule has 1 aromatic heterocycles. The van der Waals surface area contributed by atoms with Gasteiger partial charge in [0.15, 0.2) is 5.78 Å². The highest BCUT2D eigenvalue weighted by Crippen LogP contribution is 2.26. The van der Waals surface area contributed by atoms with Crippen LogP contribution in [0.15, 0.2) is 40.8 Å². The van der Waals surface area contributed by atoms with E-state index in [1.54, 1.807) is 0 Å². The van der Waals surface area contributed by atoms with Crippen molar-refractivity contribution in [3.63, 3.8) is 0 Å². The zero-order chi connectivity index (χ0) is 13.3. The first-order chi connectivity index (χ1) is 8.38. The highest BCUT2D eigenvalue weighted by atomic mass is 16.3. The Balaban J connectivity index is 2.40. The quantitative estimate of drug-likeness (QED) is 0.726. The summed E-state index contributed by atoms with van der Waals surface area (Å²) in [6.45, 7) is 7.70. The van der Waals surface area contributed by atoms with Gasteiger partial charge in [0.2, 0.25) is 0 Å². The van der Waals surface area contributed by atoms with E-state index in [0.717, 1.165) is 22.6 Å². The maximum atomic E-state index is 12.2. The Bertz CT molecular complexity index is 571. The largest absolute Gasteiger partial charge is 0.461 e. The first-order valence-electron chi connectivity index (χ1n) is 6.09. The average Bonchev–Trinajstić information content (AvgIpc) is 2.74. The van der Waals surface area contributed by atoms with Crippen molar-refractivity contribution < 1.29 is 9.21 Å². The average molecular weight is 242 g/mol. The summed E-state index contributed by atoms with van der Waals surface area (Å²) < 4.78 is 5.58. The number of carbonyl (C=O) groups is 1. The predicted octanol–water partition coefficient (Wildman–Crippen LogP) is 4.48. The molecule has 0 saturated heterocycles. The van der Waals surface area contributed by atoms with Crippen LogP contribution in [-0.4, -0.2) is 5.78 Å². The molecule has 0 fully saturated rings. The smallest absolute Gasteiger partial charge is 0.168 e. The normalized spacial score (nSPS) is 11.6. The summed E-state index contributed by atoms with van der Waals surface area (Å²) in [5.41, 5.74) is 1.31. The third-order valence-electron chi connectivity index (χ3n) is 2.83. The van der Waals surface area contributed by atoms with Crippen molar-refractivity contribution in [2.75, 3.05) is 0 Å². The predicted molar refractivity (Wildman–Crippen MR) is 72.7 cm³/mol. The van der Waals surface area contributed by atoms with Gasteiger partial charge in [0.25, 0.3) is 0 Å². The third kappa shape index (κ3) is 2.53. The molecule has 0 bridgehead atoms. The number of aryl methyl sites for hydroxylation is 1. The standard InChI is InChI=1S/C16H18O2/c1-11-8-9-14(18-11)12-6-5-7-13(10-12)15(17)16(2,3)4/h5-10H,1-4H3. The minimum absolute atomic E-state index is 0.146. The fourth-order valence-electron chi connectivity index (χ4n) is 1.84. The molecule has 94 valence electrons. The van der Waals surface area contributed by atoms with E-state index in [1.807, 2.05) is 64.1 Å². The van der Waals surface area contributed by atoms with Gasteiger partial charge < -0.3 is 4.42 Å². The van der Waals surface area contributed by atoms with E-state index in [0.29, 0.717) is 0 Å². The Morgan fingerprint density at radius 2 is 1.83 bits per heavy atom. The maximum absolute atomic E-state index is 12.2. The lowest BCUT2D eigenvalue weighted by Gasteiger charge is -2.16. The third-order valence-corrected chi connectivity index (χ3v) is 2.83. The second-order valence-corrected chi connectivity index (χ2v) is 5.57. The van der Waals surface area contributed by atoms with E-state index in [-0.39, 0.29) is 11.2 Å². The van der Waals surface area contributed by atoms with Gasteiger partial charge in [0, 0.05) is 16.5 Å². The summed E-state index contributed by atoms with van der Waals surface area (Å²) in [6.07, 6.45) is 0. The van der Waals surface area contributed by atoms with Crippen molar-refractivity contribution in [1.82, 2.24) is 0 Å². The molecule has 2 rings (SSSR count). The summed E-state index contributed by atoms with van der Waals surface area (Å²) in [6, 6.07) is 11.5. The van der Waals surface area contributed by atoms with Crippen molar-refractivity contribution in [3.05, 3.63) is 47.7 Å². The highest BCUT2D eigenvalue weighted by Gasteiger charge is 2.23. The van der Waals surface area contributed by atoms with Crippen LogP contribution in [-0.2, 0) is 0 Å². The first kappa shape index (κ1) is 12.6. The van der Waals surface area contributed by atoms with Crippen LogP contribution >= 0.6 is 0 Å². The summed E-state index contributed by atoms with van der Waals surface area (Å²) in [5.74, 6) is 1.82. The lowest BCUT2D eigenvalue weighted by Crippen LogP contribution is -2.20. The number of benzene rings is 1. The molecule has 2 aromatic rings. The number of hydrogen-bond acceptors (Lipinski definition) is 2. The van der Waals surface area contributed by atoms with Crippen molar-refractivity contribution in [2.45, 2.75) is 27.7 Å². The molecule has 2 heteroatoms. The Hall–Kier alpha value is -1.83. The fourth-order valence-corrected chi connectivity index (χ4v) is 1.84. The minimum atomic E-state index is -0.363. The lowest BCUT2D eigenvalue weighted by molar-refractivity contribution is 0.0858. The van der Waals surface area contributed by atoms with Gasteiger partial charge in [0.1, 0.15) is 11.5 Å². The van der Waals surface area contributed by atoms with Gasteiger partial charge >= 0.3 is 0 Å². The first-order valence-corrected chi connectivity index (χ1v) is 6.09. The van der Waals surface area contributed by atoms with Gasteiger partial charge in [-0.1, -0.05) is 39.0 Å². The molecule has 0 radical (unpaired) electrons. The Morgan fingerprint density at radius 1 is 1.11 bits per heavy atom. The molecular weight excluding hydrogens is 224 g/mol. The summed E-state index contributed by atoms with van der Waals surface area (Å²) >= 11 is 0. The van der Waals surface area contributed by atoms with E-state index in [9.17, 15) is 4.79 Å². The zero-order valence-electron chi connectivity index (χ0n) is 11.3. The summed E-state index contributed by atoms with van der Waals surface area (Å²) in [5, 5.41) is 0. The monoisotopic (exact) mass is 242 g/mol. The molecule has 18 heavy (non-hydrogen) atoms. The number of furan rings is 1. The fraction of sp³-hybridized carbons (Fsp3) is 0.312. The Kier molecular flexibility index (Phi) is 3.12. The molecule has 0 aliphatic rings. The van der Waals surface area contributed by atoms with Crippen LogP contribution in [0.25, 0.3) is 11.3 Å². The number of rotatable bonds is 2. The topological polar surface area (TPSA) is 30.2 Å². The number of Topliss-reactive ketones (excluding diaryl/α,β-unsaturated/α-hetero) is 1. The molecule has 0 aliphatic carbocycles. The van der Waals surface area contributed by atoms with E-state index in [1.165, 1.54) is 0 Å². The number of ketones is 1. The van der Waals surface area contributed by atoms with Crippen LogP contribution in [0.4, 0.5) is 0 Å². The molecule has 0 saturated carbocycles. The van der Waals surface area contributed by atoms with Crippen molar-refractivity contribution >= 4 is 5.78 Å². The molecule has 0 unspecified atom stereocenters. The molecule has 1 aromatic carbocycles. The Morgan fingerprint density at radius 3 is 2.39 bits per heavy atom. The van der Waals surface area contributed by atoms with Crippen LogP contribution in [0.3, 0.4) is 0 Å². The summed E-state index contributed by atoms with van der Waals surface area (Å²) in [4.78, 5) is 12.2. The molecule has 2 nitrogen and oxygen atoms in total. The Labute approximate surface area is 108 Å². The van der Waals surface area contributed by atoms with Gasteiger partial charge in [-0.25, -0.2) is 0 Å². The number of carbonyl (C=O) groups excluding carboxylic acids is 1. The number of hydrogen-bond donors (Lipinski definition) is 0. The van der Waals surface area contributed by atoms with Crippen LogP contribution < -0.4 is 0 Å².